The first-order chi connectivity index (χ1) is 9.20. The van der Waals surface area contributed by atoms with Crippen molar-refractivity contribution in [2.45, 2.75) is 50.9 Å². The molecule has 0 amide bonds. The minimum atomic E-state index is 0.181. The number of nitrogens with zero attached hydrogens (tertiary/aromatic N) is 3. The standard InChI is InChI=1S/C14H22ClN3O/c1-3-19-13-7-8-16-14(17-13)18-9-5-4-6-12(18)10-11(2)15/h7-8,11-12H,3-6,9-10H2,1-2H3. The first-order valence-electron chi connectivity index (χ1n) is 7.07. The molecule has 4 nitrogen and oxygen atoms in total. The van der Waals surface area contributed by atoms with Crippen LogP contribution in [0.25, 0.3) is 0 Å². The Balaban J connectivity index is 2.14. The number of piperidine rings is 1. The summed E-state index contributed by atoms with van der Waals surface area (Å²) in [6.07, 6.45) is 6.36. The van der Waals surface area contributed by atoms with Gasteiger partial charge in [-0.3, -0.25) is 0 Å². The van der Waals surface area contributed by atoms with Gasteiger partial charge in [0.2, 0.25) is 11.8 Å². The van der Waals surface area contributed by atoms with Crippen molar-refractivity contribution in [2.24, 2.45) is 0 Å². The van der Waals surface area contributed by atoms with Crippen LogP contribution < -0.4 is 9.64 Å². The Hall–Kier alpha value is -1.03. The second-order valence-corrected chi connectivity index (χ2v) is 5.73. The number of hydrogen-bond donors (Lipinski definition) is 0. The van der Waals surface area contributed by atoms with Gasteiger partial charge in [-0.25, -0.2) is 4.98 Å². The van der Waals surface area contributed by atoms with Gasteiger partial charge in [0.25, 0.3) is 0 Å². The van der Waals surface area contributed by atoms with Crippen LogP contribution in [0.4, 0.5) is 5.95 Å². The normalized spacial score (nSPS) is 21.2. The van der Waals surface area contributed by atoms with Gasteiger partial charge >= 0.3 is 0 Å². The summed E-state index contributed by atoms with van der Waals surface area (Å²) in [4.78, 5) is 11.2. The molecule has 0 radical (unpaired) electrons. The van der Waals surface area contributed by atoms with E-state index in [1.165, 1.54) is 19.3 Å². The number of aromatic nitrogens is 2. The van der Waals surface area contributed by atoms with Gasteiger partial charge in [-0.05, 0) is 39.5 Å². The second kappa shape index (κ2) is 6.94. The summed E-state index contributed by atoms with van der Waals surface area (Å²) in [6, 6.07) is 2.24. The largest absolute Gasteiger partial charge is 0.478 e. The smallest absolute Gasteiger partial charge is 0.228 e. The van der Waals surface area contributed by atoms with Crippen LogP contribution >= 0.6 is 11.6 Å². The van der Waals surface area contributed by atoms with Gasteiger partial charge < -0.3 is 9.64 Å². The number of hydrogen-bond acceptors (Lipinski definition) is 4. The Labute approximate surface area is 120 Å². The van der Waals surface area contributed by atoms with Crippen LogP contribution in [0.3, 0.4) is 0 Å². The molecule has 1 aromatic heterocycles. The molecular formula is C14H22ClN3O. The average Bonchev–Trinajstić information content (AvgIpc) is 2.39. The van der Waals surface area contributed by atoms with Crippen LogP contribution in [0.2, 0.25) is 0 Å². The Bertz CT molecular complexity index is 400. The summed E-state index contributed by atoms with van der Waals surface area (Å²) >= 11 is 6.15. The molecule has 2 atom stereocenters. The second-order valence-electron chi connectivity index (χ2n) is 4.99. The van der Waals surface area contributed by atoms with Crippen molar-refractivity contribution in [1.29, 1.82) is 0 Å². The number of alkyl halides is 1. The van der Waals surface area contributed by atoms with Gasteiger partial charge in [-0.15, -0.1) is 11.6 Å². The van der Waals surface area contributed by atoms with Crippen molar-refractivity contribution in [3.05, 3.63) is 12.3 Å². The molecule has 0 spiro atoms. The molecule has 2 unspecified atom stereocenters. The minimum Gasteiger partial charge on any atom is -0.478 e. The first-order valence-corrected chi connectivity index (χ1v) is 7.51. The van der Waals surface area contributed by atoms with Crippen LogP contribution in [0.15, 0.2) is 12.3 Å². The topological polar surface area (TPSA) is 38.2 Å². The molecule has 0 bridgehead atoms. The molecule has 2 heterocycles. The molecule has 1 aromatic rings. The maximum absolute atomic E-state index is 6.15. The molecule has 1 saturated heterocycles. The zero-order chi connectivity index (χ0) is 13.7. The third kappa shape index (κ3) is 3.96. The molecule has 106 valence electrons. The molecule has 0 aliphatic carbocycles. The SMILES string of the molecule is CCOc1ccnc(N2CCCCC2CC(C)Cl)n1. The zero-order valence-electron chi connectivity index (χ0n) is 11.7. The van der Waals surface area contributed by atoms with Gasteiger partial charge in [0.1, 0.15) is 0 Å². The third-order valence-electron chi connectivity index (χ3n) is 3.39. The molecule has 0 N–H and O–H groups in total. The van der Waals surface area contributed by atoms with E-state index in [2.05, 4.69) is 14.9 Å². The highest BCUT2D eigenvalue weighted by molar-refractivity contribution is 6.20. The van der Waals surface area contributed by atoms with Gasteiger partial charge in [0.15, 0.2) is 0 Å². The van der Waals surface area contributed by atoms with Crippen LogP contribution in [-0.2, 0) is 0 Å². The van der Waals surface area contributed by atoms with E-state index in [-0.39, 0.29) is 5.38 Å². The lowest BCUT2D eigenvalue weighted by atomic mass is 9.98. The lowest BCUT2D eigenvalue weighted by Crippen LogP contribution is -2.41. The van der Waals surface area contributed by atoms with Crippen molar-refractivity contribution in [1.82, 2.24) is 9.97 Å². The van der Waals surface area contributed by atoms with Crippen LogP contribution in [-0.4, -0.2) is 34.5 Å². The van der Waals surface area contributed by atoms with Crippen molar-refractivity contribution in [3.8, 4) is 5.88 Å². The highest BCUT2D eigenvalue weighted by Crippen LogP contribution is 2.26. The van der Waals surface area contributed by atoms with Gasteiger partial charge in [0.05, 0.1) is 6.61 Å². The predicted octanol–water partition coefficient (Wildman–Crippen LogP) is 3.25. The van der Waals surface area contributed by atoms with E-state index in [4.69, 9.17) is 16.3 Å². The van der Waals surface area contributed by atoms with Gasteiger partial charge in [0, 0.05) is 30.2 Å². The molecule has 0 aromatic carbocycles. The lowest BCUT2D eigenvalue weighted by Gasteiger charge is -2.36. The highest BCUT2D eigenvalue weighted by Gasteiger charge is 2.25. The monoisotopic (exact) mass is 283 g/mol. The highest BCUT2D eigenvalue weighted by atomic mass is 35.5. The van der Waals surface area contributed by atoms with E-state index in [0.717, 1.165) is 18.9 Å². The molecule has 1 aliphatic rings. The van der Waals surface area contributed by atoms with E-state index in [0.29, 0.717) is 18.5 Å². The summed E-state index contributed by atoms with van der Waals surface area (Å²) in [5, 5.41) is 0.181. The number of anilines is 1. The Morgan fingerprint density at radius 3 is 3.11 bits per heavy atom. The molecule has 19 heavy (non-hydrogen) atoms. The van der Waals surface area contributed by atoms with Crippen molar-refractivity contribution in [2.75, 3.05) is 18.1 Å². The average molecular weight is 284 g/mol. The van der Waals surface area contributed by atoms with Gasteiger partial charge in [-0.1, -0.05) is 0 Å². The number of ether oxygens (including phenoxy) is 1. The molecule has 2 rings (SSSR count). The zero-order valence-corrected chi connectivity index (χ0v) is 12.4. The quantitative estimate of drug-likeness (QED) is 0.778. The fourth-order valence-electron chi connectivity index (χ4n) is 2.58. The summed E-state index contributed by atoms with van der Waals surface area (Å²) in [7, 11) is 0. The lowest BCUT2D eigenvalue weighted by molar-refractivity contribution is 0.325. The maximum atomic E-state index is 6.15. The van der Waals surface area contributed by atoms with E-state index >= 15 is 0 Å². The minimum absolute atomic E-state index is 0.181. The molecule has 5 heteroatoms. The van der Waals surface area contributed by atoms with Crippen LogP contribution in [0.5, 0.6) is 5.88 Å². The van der Waals surface area contributed by atoms with Crippen LogP contribution in [0.1, 0.15) is 39.5 Å². The van der Waals surface area contributed by atoms with Crippen molar-refractivity contribution in [3.63, 3.8) is 0 Å². The maximum Gasteiger partial charge on any atom is 0.228 e. The van der Waals surface area contributed by atoms with Crippen molar-refractivity contribution < 1.29 is 4.74 Å². The molecular weight excluding hydrogens is 262 g/mol. The summed E-state index contributed by atoms with van der Waals surface area (Å²) < 4.78 is 5.45. The van der Waals surface area contributed by atoms with E-state index in [9.17, 15) is 0 Å². The Kier molecular flexibility index (Phi) is 5.25. The van der Waals surface area contributed by atoms with Crippen LogP contribution in [0, 0.1) is 0 Å². The van der Waals surface area contributed by atoms with Crippen molar-refractivity contribution >= 4 is 17.5 Å². The fraction of sp³-hybridized carbons (Fsp3) is 0.714. The molecule has 1 aliphatic heterocycles. The fourth-order valence-corrected chi connectivity index (χ4v) is 2.79. The summed E-state index contributed by atoms with van der Waals surface area (Å²) in [5.41, 5.74) is 0. The van der Waals surface area contributed by atoms with Gasteiger partial charge in [-0.2, -0.15) is 4.98 Å². The Morgan fingerprint density at radius 2 is 2.37 bits per heavy atom. The third-order valence-corrected chi connectivity index (χ3v) is 3.57. The van der Waals surface area contributed by atoms with E-state index in [1.54, 1.807) is 12.3 Å². The van der Waals surface area contributed by atoms with E-state index < -0.39 is 0 Å². The molecule has 1 fully saturated rings. The predicted molar refractivity (Wildman–Crippen MR) is 78.1 cm³/mol. The number of rotatable bonds is 5. The molecule has 0 saturated carbocycles. The van der Waals surface area contributed by atoms with E-state index in [1.807, 2.05) is 13.8 Å². The Morgan fingerprint density at radius 1 is 1.53 bits per heavy atom. The summed E-state index contributed by atoms with van der Waals surface area (Å²) in [6.45, 7) is 5.63. The summed E-state index contributed by atoms with van der Waals surface area (Å²) in [5.74, 6) is 1.42. The number of halogens is 1. The first kappa shape index (κ1) is 14.4.